The number of benzene rings is 1. The molecule has 3 rings (SSSR count). The highest BCUT2D eigenvalue weighted by molar-refractivity contribution is 5.75. The van der Waals surface area contributed by atoms with Crippen molar-refractivity contribution in [1.82, 2.24) is 19.7 Å². The van der Waals surface area contributed by atoms with Crippen LogP contribution in [0.25, 0.3) is 11.1 Å². The van der Waals surface area contributed by atoms with Gasteiger partial charge < -0.3 is 4.42 Å². The molecule has 0 fully saturated rings. The van der Waals surface area contributed by atoms with E-state index in [2.05, 4.69) is 28.8 Å². The standard InChI is InChI=1S/C16H19N5O3/c1-11(2)20(9-12-7-17-19(3)8-12)10-16-18-14-6-13(21(22)23)4-5-15(14)24-16/h4-8,11H,9-10H2,1-3H3. The van der Waals surface area contributed by atoms with E-state index in [1.54, 1.807) is 10.7 Å². The zero-order valence-corrected chi connectivity index (χ0v) is 13.8. The van der Waals surface area contributed by atoms with Gasteiger partial charge >= 0.3 is 0 Å². The van der Waals surface area contributed by atoms with Gasteiger partial charge in [0.25, 0.3) is 5.69 Å². The monoisotopic (exact) mass is 329 g/mol. The summed E-state index contributed by atoms with van der Waals surface area (Å²) in [7, 11) is 1.89. The number of non-ortho nitro benzene ring substituents is 1. The number of nitrogens with zero attached hydrogens (tertiary/aromatic N) is 5. The van der Waals surface area contributed by atoms with Gasteiger partial charge in [-0.3, -0.25) is 19.7 Å². The molecule has 1 aromatic carbocycles. The smallest absolute Gasteiger partial charge is 0.271 e. The molecule has 0 atom stereocenters. The number of nitro groups is 1. The summed E-state index contributed by atoms with van der Waals surface area (Å²) in [6, 6.07) is 4.73. The van der Waals surface area contributed by atoms with Gasteiger partial charge in [0.2, 0.25) is 5.89 Å². The van der Waals surface area contributed by atoms with E-state index in [9.17, 15) is 10.1 Å². The predicted molar refractivity (Wildman–Crippen MR) is 88.3 cm³/mol. The number of rotatable bonds is 6. The molecule has 0 radical (unpaired) electrons. The topological polar surface area (TPSA) is 90.2 Å². The van der Waals surface area contributed by atoms with Crippen LogP contribution in [0.4, 0.5) is 5.69 Å². The third kappa shape index (κ3) is 3.43. The summed E-state index contributed by atoms with van der Waals surface area (Å²) in [6.07, 6.45) is 3.82. The van der Waals surface area contributed by atoms with E-state index >= 15 is 0 Å². The maximum atomic E-state index is 10.9. The van der Waals surface area contributed by atoms with Crippen LogP contribution in [0.1, 0.15) is 25.3 Å². The molecule has 24 heavy (non-hydrogen) atoms. The van der Waals surface area contributed by atoms with Crippen molar-refractivity contribution in [3.63, 3.8) is 0 Å². The molecule has 0 N–H and O–H groups in total. The fourth-order valence-electron chi connectivity index (χ4n) is 2.53. The molecule has 126 valence electrons. The lowest BCUT2D eigenvalue weighted by Gasteiger charge is -2.24. The molecule has 3 aromatic rings. The van der Waals surface area contributed by atoms with Crippen LogP contribution in [-0.4, -0.2) is 30.6 Å². The minimum Gasteiger partial charge on any atom is -0.439 e. The summed E-state index contributed by atoms with van der Waals surface area (Å²) in [5, 5.41) is 15.0. The summed E-state index contributed by atoms with van der Waals surface area (Å²) in [4.78, 5) is 17.0. The van der Waals surface area contributed by atoms with Crippen molar-refractivity contribution in [3.05, 3.63) is 52.2 Å². The van der Waals surface area contributed by atoms with Gasteiger partial charge in [-0.15, -0.1) is 0 Å². The molecule has 0 aliphatic carbocycles. The molecule has 0 aliphatic rings. The highest BCUT2D eigenvalue weighted by Crippen LogP contribution is 2.22. The number of hydrogen-bond donors (Lipinski definition) is 0. The zero-order chi connectivity index (χ0) is 17.3. The Morgan fingerprint density at radius 2 is 2.17 bits per heavy atom. The Morgan fingerprint density at radius 1 is 1.38 bits per heavy atom. The fraction of sp³-hybridized carbons (Fsp3) is 0.375. The SMILES string of the molecule is CC(C)N(Cc1cnn(C)c1)Cc1nc2cc([N+](=O)[O-])ccc2o1. The third-order valence-corrected chi connectivity index (χ3v) is 3.84. The molecule has 0 unspecified atom stereocenters. The van der Waals surface area contributed by atoms with Crippen LogP contribution in [0, 0.1) is 10.1 Å². The maximum absolute atomic E-state index is 10.9. The molecule has 0 aliphatic heterocycles. The first-order valence-electron chi connectivity index (χ1n) is 7.68. The largest absolute Gasteiger partial charge is 0.439 e. The summed E-state index contributed by atoms with van der Waals surface area (Å²) in [5.41, 5.74) is 2.18. The van der Waals surface area contributed by atoms with Crippen LogP contribution in [-0.2, 0) is 20.1 Å². The first-order valence-corrected chi connectivity index (χ1v) is 7.68. The number of aromatic nitrogens is 3. The minimum atomic E-state index is -0.434. The summed E-state index contributed by atoms with van der Waals surface area (Å²) in [5.74, 6) is 0.545. The van der Waals surface area contributed by atoms with Crippen molar-refractivity contribution in [1.29, 1.82) is 0 Å². The summed E-state index contributed by atoms with van der Waals surface area (Å²) in [6.45, 7) is 5.45. The van der Waals surface area contributed by atoms with Gasteiger partial charge in [0.05, 0.1) is 17.7 Å². The van der Waals surface area contributed by atoms with Crippen molar-refractivity contribution in [2.24, 2.45) is 7.05 Å². The van der Waals surface area contributed by atoms with Gasteiger partial charge in [-0.1, -0.05) is 0 Å². The van der Waals surface area contributed by atoms with E-state index in [0.29, 0.717) is 23.5 Å². The van der Waals surface area contributed by atoms with Gasteiger partial charge in [-0.2, -0.15) is 5.10 Å². The van der Waals surface area contributed by atoms with Crippen molar-refractivity contribution in [2.45, 2.75) is 33.0 Å². The molecule has 0 amide bonds. The predicted octanol–water partition coefficient (Wildman–Crippen LogP) is 2.88. The molecule has 8 nitrogen and oxygen atoms in total. The van der Waals surface area contributed by atoms with Gasteiger partial charge in [-0.05, 0) is 19.9 Å². The number of aryl methyl sites for hydroxylation is 1. The van der Waals surface area contributed by atoms with E-state index in [1.807, 2.05) is 19.4 Å². The molecule has 0 spiro atoms. The Balaban J connectivity index is 1.81. The van der Waals surface area contributed by atoms with E-state index in [0.717, 1.165) is 12.1 Å². The quantitative estimate of drug-likeness (QED) is 0.510. The lowest BCUT2D eigenvalue weighted by molar-refractivity contribution is -0.384. The Morgan fingerprint density at radius 3 is 2.79 bits per heavy atom. The van der Waals surface area contributed by atoms with Crippen LogP contribution >= 0.6 is 0 Å². The molecule has 0 bridgehead atoms. The van der Waals surface area contributed by atoms with Crippen molar-refractivity contribution in [3.8, 4) is 0 Å². The van der Waals surface area contributed by atoms with Gasteiger partial charge in [0.15, 0.2) is 5.58 Å². The normalized spacial score (nSPS) is 11.7. The number of hydrogen-bond acceptors (Lipinski definition) is 6. The van der Waals surface area contributed by atoms with E-state index in [-0.39, 0.29) is 11.7 Å². The van der Waals surface area contributed by atoms with Gasteiger partial charge in [0.1, 0.15) is 5.52 Å². The van der Waals surface area contributed by atoms with E-state index < -0.39 is 4.92 Å². The molecule has 8 heteroatoms. The Labute approximate surface area is 138 Å². The Bertz CT molecular complexity index is 868. The van der Waals surface area contributed by atoms with Crippen LogP contribution in [0.15, 0.2) is 35.0 Å². The highest BCUT2D eigenvalue weighted by Gasteiger charge is 2.17. The number of oxazole rings is 1. The van der Waals surface area contributed by atoms with Gasteiger partial charge in [0, 0.05) is 43.5 Å². The molecular formula is C16H19N5O3. The first kappa shape index (κ1) is 16.1. The molecule has 0 saturated heterocycles. The van der Waals surface area contributed by atoms with E-state index in [1.165, 1.54) is 12.1 Å². The average Bonchev–Trinajstić information content (AvgIpc) is 3.11. The van der Waals surface area contributed by atoms with Crippen molar-refractivity contribution in [2.75, 3.05) is 0 Å². The second-order valence-corrected chi connectivity index (χ2v) is 6.04. The minimum absolute atomic E-state index is 0.0124. The second-order valence-electron chi connectivity index (χ2n) is 6.04. The maximum Gasteiger partial charge on any atom is 0.271 e. The molecule has 2 aromatic heterocycles. The summed E-state index contributed by atoms with van der Waals surface area (Å²) < 4.78 is 7.50. The third-order valence-electron chi connectivity index (χ3n) is 3.84. The summed E-state index contributed by atoms with van der Waals surface area (Å²) >= 11 is 0. The average molecular weight is 329 g/mol. The van der Waals surface area contributed by atoms with Gasteiger partial charge in [-0.25, -0.2) is 4.98 Å². The lowest BCUT2D eigenvalue weighted by Crippen LogP contribution is -2.29. The lowest BCUT2D eigenvalue weighted by atomic mass is 10.2. The van der Waals surface area contributed by atoms with Crippen molar-refractivity contribution >= 4 is 16.8 Å². The Kier molecular flexibility index (Phi) is 4.30. The number of fused-ring (bicyclic) bond motifs is 1. The number of nitro benzene ring substituents is 1. The highest BCUT2D eigenvalue weighted by atomic mass is 16.6. The molecule has 2 heterocycles. The second kappa shape index (κ2) is 6.40. The van der Waals surface area contributed by atoms with Crippen LogP contribution in [0.2, 0.25) is 0 Å². The van der Waals surface area contributed by atoms with Crippen molar-refractivity contribution < 1.29 is 9.34 Å². The fourth-order valence-corrected chi connectivity index (χ4v) is 2.53. The van der Waals surface area contributed by atoms with Crippen LogP contribution < -0.4 is 0 Å². The zero-order valence-electron chi connectivity index (χ0n) is 13.8. The molecular weight excluding hydrogens is 310 g/mol. The van der Waals surface area contributed by atoms with Crippen LogP contribution in [0.3, 0.4) is 0 Å². The first-order chi connectivity index (χ1) is 11.4. The Hall–Kier alpha value is -2.74. The van der Waals surface area contributed by atoms with E-state index in [4.69, 9.17) is 4.42 Å². The molecule has 0 saturated carbocycles. The van der Waals surface area contributed by atoms with Crippen LogP contribution in [0.5, 0.6) is 0 Å².